The average Bonchev–Trinajstić information content (AvgIpc) is 3.05. The maximum atomic E-state index is 10.1. The molecule has 0 aromatic rings. The third-order valence-electron chi connectivity index (χ3n) is 7.96. The molecule has 1 unspecified atom stereocenters. The van der Waals surface area contributed by atoms with Crippen molar-refractivity contribution in [3.05, 3.63) is 0 Å². The summed E-state index contributed by atoms with van der Waals surface area (Å²) in [7, 11) is 0. The van der Waals surface area contributed by atoms with Gasteiger partial charge in [-0.25, -0.2) is 0 Å². The molecule has 0 amide bonds. The first-order chi connectivity index (χ1) is 22.2. The van der Waals surface area contributed by atoms with E-state index < -0.39 is 6.23 Å². The number of hydrogen-bond acceptors (Lipinski definition) is 8. The first-order valence-corrected chi connectivity index (χ1v) is 19.1. The molecule has 9 heteroatoms. The van der Waals surface area contributed by atoms with Gasteiger partial charge in [-0.3, -0.25) is 0 Å². The summed E-state index contributed by atoms with van der Waals surface area (Å²) in [6.07, 6.45) is 25.5. The normalized spacial score (nSPS) is 12.2. The van der Waals surface area contributed by atoms with Crippen molar-refractivity contribution in [2.75, 3.05) is 79.2 Å². The number of hydrogen-bond donors (Lipinski definition) is 2. The van der Waals surface area contributed by atoms with Crippen molar-refractivity contribution >= 4 is 17.2 Å². The molecule has 8 nitrogen and oxygen atoms in total. The Kier molecular flexibility index (Phi) is 37.7. The molecule has 0 radical (unpaired) electrons. The van der Waals surface area contributed by atoms with E-state index in [0.29, 0.717) is 59.5 Å². The number of nitrogens with zero attached hydrogens (tertiary/aromatic N) is 1. The maximum Gasteiger partial charge on any atom is 0.153 e. The van der Waals surface area contributed by atoms with Crippen LogP contribution in [0.4, 0.5) is 0 Å². The smallest absolute Gasteiger partial charge is 0.153 e. The Hall–Kier alpha value is -0.390. The molecule has 0 fully saturated rings. The minimum atomic E-state index is -0.422. The first-order valence-electron chi connectivity index (χ1n) is 18.6. The molecule has 0 rings (SSSR count). The number of rotatable bonds is 38. The molecule has 0 spiro atoms. The summed E-state index contributed by atoms with van der Waals surface area (Å²) >= 11 is 5.81. The number of ether oxygens (including phenoxy) is 5. The van der Waals surface area contributed by atoms with Crippen LogP contribution in [0, 0.1) is 0 Å². The Labute approximate surface area is 283 Å². The highest BCUT2D eigenvalue weighted by Gasteiger charge is 2.20. The summed E-state index contributed by atoms with van der Waals surface area (Å²) in [5.74, 6) is 0. The SMILES string of the molecule is CCCCCCCCCCCCCCCCCCN(C(=S)CCCCC)C(CO)OCCOCCOCCOCCOCCO. The second-order valence-corrected chi connectivity index (χ2v) is 12.5. The van der Waals surface area contributed by atoms with E-state index in [1.165, 1.54) is 103 Å². The van der Waals surface area contributed by atoms with Gasteiger partial charge in [0.25, 0.3) is 0 Å². The van der Waals surface area contributed by atoms with Crippen LogP contribution in [0.15, 0.2) is 0 Å². The van der Waals surface area contributed by atoms with Gasteiger partial charge in [-0.2, -0.15) is 0 Å². The third kappa shape index (κ3) is 32.0. The van der Waals surface area contributed by atoms with E-state index in [1.54, 1.807) is 0 Å². The van der Waals surface area contributed by atoms with Gasteiger partial charge in [-0.15, -0.1) is 0 Å². The second-order valence-electron chi connectivity index (χ2n) is 12.0. The number of aliphatic hydroxyl groups excluding tert-OH is 2. The van der Waals surface area contributed by atoms with Crippen LogP contribution in [0.1, 0.15) is 142 Å². The minimum Gasteiger partial charge on any atom is -0.394 e. The van der Waals surface area contributed by atoms with Crippen LogP contribution in [0.2, 0.25) is 0 Å². The predicted molar refractivity (Wildman–Crippen MR) is 190 cm³/mol. The lowest BCUT2D eigenvalue weighted by atomic mass is 10.0. The minimum absolute atomic E-state index is 0.0269. The molecule has 45 heavy (non-hydrogen) atoms. The molecule has 1 atom stereocenters. The van der Waals surface area contributed by atoms with E-state index in [1.807, 2.05) is 0 Å². The lowest BCUT2D eigenvalue weighted by molar-refractivity contribution is -0.0788. The van der Waals surface area contributed by atoms with Gasteiger partial charge in [0.15, 0.2) is 6.23 Å². The van der Waals surface area contributed by atoms with Crippen LogP contribution in [0.5, 0.6) is 0 Å². The quantitative estimate of drug-likeness (QED) is 0.0389. The fraction of sp³-hybridized carbons (Fsp3) is 0.972. The number of aliphatic hydroxyl groups is 2. The molecule has 0 heterocycles. The van der Waals surface area contributed by atoms with Gasteiger partial charge < -0.3 is 38.8 Å². The van der Waals surface area contributed by atoms with Crippen molar-refractivity contribution in [2.45, 2.75) is 148 Å². The van der Waals surface area contributed by atoms with Crippen LogP contribution < -0.4 is 0 Å². The molecule has 270 valence electrons. The molecule has 0 aromatic heterocycles. The Balaban J connectivity index is 4.02. The lowest BCUT2D eigenvalue weighted by Crippen LogP contribution is -2.44. The first kappa shape index (κ1) is 44.6. The Bertz CT molecular complexity index is 588. The van der Waals surface area contributed by atoms with Crippen LogP contribution in [0.25, 0.3) is 0 Å². The van der Waals surface area contributed by atoms with Crippen molar-refractivity contribution in [3.63, 3.8) is 0 Å². The average molecular weight is 664 g/mol. The van der Waals surface area contributed by atoms with Crippen LogP contribution >= 0.6 is 12.2 Å². The van der Waals surface area contributed by atoms with Crippen LogP contribution in [-0.4, -0.2) is 106 Å². The molecule has 0 aromatic carbocycles. The lowest BCUT2D eigenvalue weighted by Gasteiger charge is -2.33. The summed E-state index contributed by atoms with van der Waals surface area (Å²) in [4.78, 5) is 3.02. The van der Waals surface area contributed by atoms with E-state index in [4.69, 9.17) is 41.0 Å². The van der Waals surface area contributed by atoms with Gasteiger partial charge in [-0.1, -0.05) is 135 Å². The van der Waals surface area contributed by atoms with Crippen molar-refractivity contribution in [2.24, 2.45) is 0 Å². The fourth-order valence-electron chi connectivity index (χ4n) is 5.24. The Morgan fingerprint density at radius 2 is 0.889 bits per heavy atom. The maximum absolute atomic E-state index is 10.1. The van der Waals surface area contributed by atoms with E-state index >= 15 is 0 Å². The standard InChI is InChI=1S/C36H73NO7S/c1-3-5-7-8-9-10-11-12-13-14-15-16-17-18-19-21-23-37(36(45)22-20-6-4-2)35(34-39)44-33-32-43-31-30-42-29-28-41-27-26-40-25-24-38/h35,38-39H,3-34H2,1-2H3. The Morgan fingerprint density at radius 3 is 1.31 bits per heavy atom. The fourth-order valence-corrected chi connectivity index (χ4v) is 5.59. The van der Waals surface area contributed by atoms with Gasteiger partial charge in [0.2, 0.25) is 0 Å². The third-order valence-corrected chi connectivity index (χ3v) is 8.40. The molecule has 2 N–H and O–H groups in total. The van der Waals surface area contributed by atoms with Gasteiger partial charge in [0.1, 0.15) is 0 Å². The summed E-state index contributed by atoms with van der Waals surface area (Å²) < 4.78 is 27.7. The van der Waals surface area contributed by atoms with Gasteiger partial charge in [0, 0.05) is 6.54 Å². The highest BCUT2D eigenvalue weighted by molar-refractivity contribution is 7.80. The highest BCUT2D eigenvalue weighted by Crippen LogP contribution is 2.16. The zero-order chi connectivity index (χ0) is 32.9. The van der Waals surface area contributed by atoms with E-state index in [-0.39, 0.29) is 13.2 Å². The molecular weight excluding hydrogens is 590 g/mol. The van der Waals surface area contributed by atoms with E-state index in [0.717, 1.165) is 37.2 Å². The van der Waals surface area contributed by atoms with Crippen molar-refractivity contribution < 1.29 is 33.9 Å². The summed E-state index contributed by atoms with van der Waals surface area (Å²) in [6, 6.07) is 0. The number of thiocarbonyl (C=S) groups is 1. The topological polar surface area (TPSA) is 89.9 Å². The number of unbranched alkanes of at least 4 members (excludes halogenated alkanes) is 17. The molecule has 0 aliphatic heterocycles. The van der Waals surface area contributed by atoms with Gasteiger partial charge in [-0.05, 0) is 19.3 Å². The van der Waals surface area contributed by atoms with Crippen molar-refractivity contribution in [1.82, 2.24) is 4.90 Å². The molecule has 0 aliphatic rings. The molecular formula is C36H73NO7S. The zero-order valence-corrected chi connectivity index (χ0v) is 30.3. The summed E-state index contributed by atoms with van der Waals surface area (Å²) in [5, 5.41) is 18.8. The Morgan fingerprint density at radius 1 is 0.511 bits per heavy atom. The predicted octanol–water partition coefficient (Wildman–Crippen LogP) is 7.85. The van der Waals surface area contributed by atoms with Crippen molar-refractivity contribution in [3.8, 4) is 0 Å². The van der Waals surface area contributed by atoms with Gasteiger partial charge >= 0.3 is 0 Å². The van der Waals surface area contributed by atoms with Crippen LogP contribution in [-0.2, 0) is 23.7 Å². The largest absolute Gasteiger partial charge is 0.394 e. The molecule has 0 bridgehead atoms. The second kappa shape index (κ2) is 38.1. The molecule has 0 aliphatic carbocycles. The van der Waals surface area contributed by atoms with E-state index in [9.17, 15) is 5.11 Å². The van der Waals surface area contributed by atoms with E-state index in [2.05, 4.69) is 18.7 Å². The molecule has 0 saturated heterocycles. The molecule has 0 saturated carbocycles. The van der Waals surface area contributed by atoms with Crippen LogP contribution in [0.3, 0.4) is 0 Å². The summed E-state index contributed by atoms with van der Waals surface area (Å²) in [5.41, 5.74) is 0. The monoisotopic (exact) mass is 664 g/mol. The zero-order valence-electron chi connectivity index (χ0n) is 29.5. The van der Waals surface area contributed by atoms with Gasteiger partial charge in [0.05, 0.1) is 77.7 Å². The highest BCUT2D eigenvalue weighted by atomic mass is 32.1. The summed E-state index contributed by atoms with van der Waals surface area (Å²) in [6.45, 7) is 9.35. The van der Waals surface area contributed by atoms with Crippen molar-refractivity contribution in [1.29, 1.82) is 0 Å².